The number of amides is 1. The van der Waals surface area contributed by atoms with Crippen molar-refractivity contribution in [2.24, 2.45) is 13.0 Å². The number of ether oxygens (including phenoxy) is 5. The Labute approximate surface area is 368 Å². The van der Waals surface area contributed by atoms with Crippen LogP contribution in [0.15, 0.2) is 35.5 Å². The topological polar surface area (TPSA) is 172 Å². The Hall–Kier alpha value is -4.32. The number of benzene rings is 1. The van der Waals surface area contributed by atoms with Crippen molar-refractivity contribution < 1.29 is 38.1 Å². The Balaban J connectivity index is 0.635. The number of hydrogen-bond donors (Lipinski definition) is 1. The lowest BCUT2D eigenvalue weighted by molar-refractivity contribution is -0.139. The Morgan fingerprint density at radius 1 is 0.841 bits per heavy atom. The van der Waals surface area contributed by atoms with Crippen molar-refractivity contribution in [3.05, 3.63) is 58.0 Å². The van der Waals surface area contributed by atoms with E-state index in [9.17, 15) is 19.2 Å². The van der Waals surface area contributed by atoms with Crippen molar-refractivity contribution in [1.82, 2.24) is 33.9 Å². The molecule has 342 valence electrons. The molecule has 16 nitrogen and oxygen atoms in total. The lowest BCUT2D eigenvalue weighted by Crippen LogP contribution is -2.53. The Kier molecular flexibility index (Phi) is 15.8. The summed E-state index contributed by atoms with van der Waals surface area (Å²) in [5.74, 6) is 0.926. The molecular formula is C47H65N7O9. The molecule has 1 amide bonds. The zero-order valence-electron chi connectivity index (χ0n) is 36.9. The van der Waals surface area contributed by atoms with Crippen LogP contribution in [0, 0.1) is 5.92 Å². The van der Waals surface area contributed by atoms with E-state index < -0.39 is 6.04 Å². The van der Waals surface area contributed by atoms with E-state index in [2.05, 4.69) is 21.1 Å². The van der Waals surface area contributed by atoms with Gasteiger partial charge in [-0.05, 0) is 93.2 Å². The van der Waals surface area contributed by atoms with E-state index in [-0.39, 0.29) is 36.2 Å². The monoisotopic (exact) mass is 871 g/mol. The van der Waals surface area contributed by atoms with Gasteiger partial charge < -0.3 is 33.6 Å². The van der Waals surface area contributed by atoms with Crippen LogP contribution in [0.3, 0.4) is 0 Å². The van der Waals surface area contributed by atoms with Gasteiger partial charge in [-0.25, -0.2) is 14.8 Å². The summed E-state index contributed by atoms with van der Waals surface area (Å²) in [5.41, 5.74) is 5.85. The highest BCUT2D eigenvalue weighted by Gasteiger charge is 2.33. The third kappa shape index (κ3) is 11.1. The van der Waals surface area contributed by atoms with Gasteiger partial charge in [0.1, 0.15) is 24.4 Å². The fourth-order valence-corrected chi connectivity index (χ4v) is 10.3. The Morgan fingerprint density at radius 3 is 2.29 bits per heavy atom. The van der Waals surface area contributed by atoms with Gasteiger partial charge in [0.2, 0.25) is 5.91 Å². The largest absolute Gasteiger partial charge is 0.381 e. The fraction of sp³-hybridized carbons (Fsp3) is 0.660. The van der Waals surface area contributed by atoms with Crippen molar-refractivity contribution in [2.45, 2.75) is 95.1 Å². The number of carbonyl (C=O) groups excluding carboxylic acids is 3. The molecule has 1 unspecified atom stereocenters. The van der Waals surface area contributed by atoms with Crippen LogP contribution in [0.1, 0.15) is 93.0 Å². The van der Waals surface area contributed by atoms with Crippen molar-refractivity contribution in [3.8, 4) is 0 Å². The molecule has 0 spiro atoms. The highest BCUT2D eigenvalue weighted by atomic mass is 16.6. The molecule has 3 aromatic heterocycles. The minimum atomic E-state index is -0.593. The molecule has 4 fully saturated rings. The number of rotatable bonds is 20. The number of H-pyrrole nitrogens is 1. The van der Waals surface area contributed by atoms with Crippen molar-refractivity contribution in [2.75, 3.05) is 92.2 Å². The number of para-hydroxylation sites is 1. The minimum absolute atomic E-state index is 0.0384. The first kappa shape index (κ1) is 45.3. The quantitative estimate of drug-likeness (QED) is 0.0988. The molecule has 1 atom stereocenters. The number of nitrogens with zero attached hydrogens (tertiary/aromatic N) is 6. The van der Waals surface area contributed by atoms with Crippen LogP contribution < -0.4 is 5.69 Å². The van der Waals surface area contributed by atoms with E-state index >= 15 is 0 Å². The van der Waals surface area contributed by atoms with Gasteiger partial charge in [-0.1, -0.05) is 12.1 Å². The molecule has 4 aliphatic rings. The lowest BCUT2D eigenvalue weighted by atomic mass is 9.81. The summed E-state index contributed by atoms with van der Waals surface area (Å²) in [5, 5.41) is 1.24. The van der Waals surface area contributed by atoms with Gasteiger partial charge in [0.05, 0.1) is 68.8 Å². The Bertz CT molecular complexity index is 2210. The standard InChI is InChI=1S/C47H65N7O9/c1-51-45-35(4-2-6-41(45)54(47(51)58)40-12-11-37(55)29-42(40)56)5-3-19-59-22-23-61-24-25-62-26-27-63-31-43(57)53-17-15-52(16-18-53)36-9-7-33(8-10-36)28-39-44-38(34-13-20-60-21-14-34)30-48-46(44)50-32-49-39/h2,4,6,30,32-34,36,40H,3,5,7-29,31H2,1H3,(H,48,49,50). The number of imidazole rings is 1. The second-order valence-electron chi connectivity index (χ2n) is 17.7. The summed E-state index contributed by atoms with van der Waals surface area (Å²) >= 11 is 0. The van der Waals surface area contributed by atoms with E-state index in [1.165, 1.54) is 42.3 Å². The summed E-state index contributed by atoms with van der Waals surface area (Å²) in [7, 11) is 1.73. The molecule has 1 aromatic carbocycles. The molecule has 2 aliphatic carbocycles. The summed E-state index contributed by atoms with van der Waals surface area (Å²) < 4.78 is 31.5. The lowest BCUT2D eigenvalue weighted by Gasteiger charge is -2.42. The van der Waals surface area contributed by atoms with Crippen molar-refractivity contribution >= 4 is 39.5 Å². The average molecular weight is 872 g/mol. The molecular weight excluding hydrogens is 807 g/mol. The van der Waals surface area contributed by atoms with E-state index in [4.69, 9.17) is 28.7 Å². The first-order chi connectivity index (χ1) is 30.9. The summed E-state index contributed by atoms with van der Waals surface area (Å²) in [6, 6.07) is 5.77. The number of ketones is 2. The number of carbonyl (C=O) groups is 3. The third-order valence-corrected chi connectivity index (χ3v) is 13.7. The smallest absolute Gasteiger partial charge is 0.329 e. The summed E-state index contributed by atoms with van der Waals surface area (Å²) in [6.07, 6.45) is 13.8. The second kappa shape index (κ2) is 22.0. The number of piperazine rings is 1. The van der Waals surface area contributed by atoms with Crippen LogP contribution in [0.5, 0.6) is 0 Å². The maximum atomic E-state index is 13.2. The predicted molar refractivity (Wildman–Crippen MR) is 236 cm³/mol. The van der Waals surface area contributed by atoms with Crippen molar-refractivity contribution in [3.63, 3.8) is 0 Å². The molecule has 5 heterocycles. The van der Waals surface area contributed by atoms with Crippen LogP contribution in [-0.2, 0) is 58.0 Å². The summed E-state index contributed by atoms with van der Waals surface area (Å²) in [4.78, 5) is 67.7. The summed E-state index contributed by atoms with van der Waals surface area (Å²) in [6.45, 7) is 8.09. The van der Waals surface area contributed by atoms with Crippen molar-refractivity contribution in [1.29, 1.82) is 0 Å². The van der Waals surface area contributed by atoms with Crippen LogP contribution in [0.2, 0.25) is 0 Å². The number of hydrogen-bond acceptors (Lipinski definition) is 12. The highest BCUT2D eigenvalue weighted by molar-refractivity contribution is 6.03. The van der Waals surface area contributed by atoms with Crippen LogP contribution in [0.25, 0.3) is 22.1 Å². The molecule has 4 aromatic rings. The molecule has 0 bridgehead atoms. The number of nitrogens with one attached hydrogen (secondary N) is 1. The second-order valence-corrected chi connectivity index (χ2v) is 17.7. The predicted octanol–water partition coefficient (Wildman–Crippen LogP) is 4.31. The molecule has 2 saturated carbocycles. The van der Waals surface area contributed by atoms with Crippen LogP contribution >= 0.6 is 0 Å². The van der Waals surface area contributed by atoms with E-state index in [1.54, 1.807) is 22.5 Å². The molecule has 63 heavy (non-hydrogen) atoms. The van der Waals surface area contributed by atoms with Gasteiger partial charge in [-0.3, -0.25) is 28.4 Å². The van der Waals surface area contributed by atoms with Gasteiger partial charge in [-0.15, -0.1) is 0 Å². The normalized spacial score (nSPS) is 21.9. The zero-order chi connectivity index (χ0) is 43.5. The van der Waals surface area contributed by atoms with Gasteiger partial charge in [-0.2, -0.15) is 0 Å². The molecule has 1 N–H and O–H groups in total. The first-order valence-electron chi connectivity index (χ1n) is 23.3. The average Bonchev–Trinajstić information content (AvgIpc) is 3.86. The number of fused-ring (bicyclic) bond motifs is 2. The maximum Gasteiger partial charge on any atom is 0.329 e. The number of aromatic nitrogens is 5. The Morgan fingerprint density at radius 2 is 1.56 bits per heavy atom. The fourth-order valence-electron chi connectivity index (χ4n) is 10.3. The first-order valence-corrected chi connectivity index (χ1v) is 23.3. The number of aromatic amines is 1. The molecule has 0 radical (unpaired) electrons. The molecule has 16 heteroatoms. The highest BCUT2D eigenvalue weighted by Crippen LogP contribution is 2.36. The van der Waals surface area contributed by atoms with E-state index in [1.807, 2.05) is 23.1 Å². The van der Waals surface area contributed by atoms with Crippen LogP contribution in [-0.4, -0.2) is 150 Å². The van der Waals surface area contributed by atoms with Gasteiger partial charge in [0, 0.05) is 77.1 Å². The van der Waals surface area contributed by atoms with Gasteiger partial charge in [0.15, 0.2) is 5.78 Å². The third-order valence-electron chi connectivity index (χ3n) is 13.7. The minimum Gasteiger partial charge on any atom is -0.381 e. The molecule has 2 aliphatic heterocycles. The van der Waals surface area contributed by atoms with Gasteiger partial charge in [0.25, 0.3) is 0 Å². The maximum absolute atomic E-state index is 13.2. The SMILES string of the molecule is Cn1c(=O)n(C2CCC(=O)CC2=O)c2cccc(CCCOCCOCCOCCOCC(=O)N3CCN(C4CCC(Cc5ncnc6[nH]cc(C7CCOCC7)c56)CC4)CC3)c21. The molecule has 8 rings (SSSR count). The molecule has 2 saturated heterocycles. The zero-order valence-corrected chi connectivity index (χ0v) is 36.9. The van der Waals surface area contributed by atoms with Gasteiger partial charge >= 0.3 is 5.69 Å². The number of Topliss-reactive ketones (excluding diaryl/α,β-unsaturated/α-hetero) is 2. The van der Waals surface area contributed by atoms with E-state index in [0.29, 0.717) is 77.0 Å². The van der Waals surface area contributed by atoms with Crippen LogP contribution in [0.4, 0.5) is 0 Å². The van der Waals surface area contributed by atoms with E-state index in [0.717, 1.165) is 93.7 Å². The number of aryl methyl sites for hydroxylation is 2.